The highest BCUT2D eigenvalue weighted by atomic mass is 16.5. The maximum absolute atomic E-state index is 12.7. The highest BCUT2D eigenvalue weighted by Gasteiger charge is 2.26. The molecule has 0 atom stereocenters. The molecule has 2 aromatic heterocycles. The van der Waals surface area contributed by atoms with Gasteiger partial charge in [0.05, 0.1) is 0 Å². The molecular weight excluding hydrogens is 390 g/mol. The monoisotopic (exact) mass is 423 g/mol. The third-order valence-corrected chi connectivity index (χ3v) is 7.30. The van der Waals surface area contributed by atoms with E-state index in [2.05, 4.69) is 20.0 Å². The average Bonchev–Trinajstić information content (AvgIpc) is 3.52. The molecule has 0 radical (unpaired) electrons. The lowest BCUT2D eigenvalue weighted by atomic mass is 9.86. The fourth-order valence-corrected chi connectivity index (χ4v) is 5.35. The number of pyridine rings is 1. The van der Waals surface area contributed by atoms with Crippen LogP contribution in [0.5, 0.6) is 0 Å². The largest absolute Gasteiger partial charge is 0.353 e. The maximum Gasteiger partial charge on any atom is 0.230 e. The molecule has 3 heterocycles. The molecule has 7 nitrogen and oxygen atoms in total. The molecule has 3 aliphatic rings. The Balaban J connectivity index is 1.14. The summed E-state index contributed by atoms with van der Waals surface area (Å²) in [6.07, 6.45) is 13.7. The SMILES string of the molecule is O=C(CC1CCCCC1)N1CCN(c2ccc(-c3noc(C4CCCC4)n3)cn2)CC1. The molecule has 1 saturated heterocycles. The van der Waals surface area contributed by atoms with Crippen molar-refractivity contribution in [2.75, 3.05) is 31.1 Å². The first kappa shape index (κ1) is 20.5. The number of carbonyl (C=O) groups excluding carboxylic acids is 1. The first-order valence-corrected chi connectivity index (χ1v) is 12.1. The van der Waals surface area contributed by atoms with Crippen LogP contribution < -0.4 is 4.90 Å². The van der Waals surface area contributed by atoms with Gasteiger partial charge in [0.25, 0.3) is 0 Å². The molecule has 5 rings (SSSR count). The molecular formula is C24H33N5O2. The fraction of sp³-hybridized carbons (Fsp3) is 0.667. The van der Waals surface area contributed by atoms with Crippen molar-refractivity contribution in [3.8, 4) is 11.4 Å². The highest BCUT2D eigenvalue weighted by molar-refractivity contribution is 5.76. The van der Waals surface area contributed by atoms with Crippen LogP contribution in [0.4, 0.5) is 5.82 Å². The molecule has 0 unspecified atom stereocenters. The number of aromatic nitrogens is 3. The van der Waals surface area contributed by atoms with Crippen molar-refractivity contribution in [3.05, 3.63) is 24.2 Å². The number of nitrogens with zero attached hydrogens (tertiary/aromatic N) is 5. The number of piperazine rings is 1. The molecule has 2 saturated carbocycles. The van der Waals surface area contributed by atoms with Crippen LogP contribution in [0.25, 0.3) is 11.4 Å². The zero-order chi connectivity index (χ0) is 21.0. The van der Waals surface area contributed by atoms with E-state index < -0.39 is 0 Å². The number of amides is 1. The predicted octanol–water partition coefficient (Wildman–Crippen LogP) is 4.41. The van der Waals surface area contributed by atoms with Gasteiger partial charge in [0.15, 0.2) is 0 Å². The lowest BCUT2D eigenvalue weighted by Gasteiger charge is -2.36. The van der Waals surface area contributed by atoms with E-state index in [1.165, 1.54) is 44.9 Å². The summed E-state index contributed by atoms with van der Waals surface area (Å²) >= 11 is 0. The number of anilines is 1. The van der Waals surface area contributed by atoms with E-state index in [1.54, 1.807) is 0 Å². The first-order valence-electron chi connectivity index (χ1n) is 12.1. The normalized spacial score (nSPS) is 21.0. The van der Waals surface area contributed by atoms with Crippen LogP contribution in [-0.4, -0.2) is 52.1 Å². The number of rotatable bonds is 5. The van der Waals surface area contributed by atoms with Crippen molar-refractivity contribution in [2.45, 2.75) is 70.1 Å². The van der Waals surface area contributed by atoms with Crippen molar-refractivity contribution >= 4 is 11.7 Å². The van der Waals surface area contributed by atoms with Gasteiger partial charge in [0.2, 0.25) is 17.6 Å². The second kappa shape index (κ2) is 9.37. The lowest BCUT2D eigenvalue weighted by molar-refractivity contribution is -0.132. The minimum Gasteiger partial charge on any atom is -0.353 e. The van der Waals surface area contributed by atoms with Crippen molar-refractivity contribution in [2.24, 2.45) is 5.92 Å². The van der Waals surface area contributed by atoms with Gasteiger partial charge < -0.3 is 14.3 Å². The third kappa shape index (κ3) is 4.75. The van der Waals surface area contributed by atoms with Gasteiger partial charge in [0, 0.05) is 50.3 Å². The third-order valence-electron chi connectivity index (χ3n) is 7.30. The summed E-state index contributed by atoms with van der Waals surface area (Å²) < 4.78 is 5.50. The minimum absolute atomic E-state index is 0.338. The summed E-state index contributed by atoms with van der Waals surface area (Å²) in [5, 5.41) is 4.17. The molecule has 0 spiro atoms. The molecule has 0 bridgehead atoms. The van der Waals surface area contributed by atoms with E-state index >= 15 is 0 Å². The molecule has 1 aliphatic heterocycles. The van der Waals surface area contributed by atoms with Gasteiger partial charge in [-0.3, -0.25) is 4.79 Å². The first-order chi connectivity index (χ1) is 15.3. The Kier molecular flexibility index (Phi) is 6.18. The van der Waals surface area contributed by atoms with E-state index in [0.29, 0.717) is 23.6 Å². The van der Waals surface area contributed by atoms with Gasteiger partial charge in [-0.05, 0) is 43.7 Å². The highest BCUT2D eigenvalue weighted by Crippen LogP contribution is 2.34. The molecule has 3 fully saturated rings. The summed E-state index contributed by atoms with van der Waals surface area (Å²) in [5.74, 6) is 3.70. The number of hydrogen-bond donors (Lipinski definition) is 0. The molecule has 2 aromatic rings. The van der Waals surface area contributed by atoms with Crippen LogP contribution in [0.2, 0.25) is 0 Å². The zero-order valence-electron chi connectivity index (χ0n) is 18.3. The van der Waals surface area contributed by atoms with Crippen LogP contribution in [0.3, 0.4) is 0 Å². The topological polar surface area (TPSA) is 75.4 Å². The van der Waals surface area contributed by atoms with Gasteiger partial charge in [-0.25, -0.2) is 4.98 Å². The Bertz CT molecular complexity index is 860. The van der Waals surface area contributed by atoms with Crippen LogP contribution in [0.1, 0.15) is 76.0 Å². The predicted molar refractivity (Wildman–Crippen MR) is 119 cm³/mol. The minimum atomic E-state index is 0.338. The molecule has 1 amide bonds. The molecule has 0 N–H and O–H groups in total. The van der Waals surface area contributed by atoms with E-state index in [-0.39, 0.29) is 0 Å². The van der Waals surface area contributed by atoms with Crippen molar-refractivity contribution in [1.82, 2.24) is 20.0 Å². The average molecular weight is 424 g/mol. The van der Waals surface area contributed by atoms with Gasteiger partial charge in [-0.2, -0.15) is 4.98 Å². The Morgan fingerprint density at radius 3 is 2.42 bits per heavy atom. The van der Waals surface area contributed by atoms with Crippen LogP contribution in [-0.2, 0) is 4.79 Å². The van der Waals surface area contributed by atoms with Crippen LogP contribution in [0.15, 0.2) is 22.9 Å². The van der Waals surface area contributed by atoms with Gasteiger partial charge >= 0.3 is 0 Å². The quantitative estimate of drug-likeness (QED) is 0.709. The second-order valence-corrected chi connectivity index (χ2v) is 9.42. The van der Waals surface area contributed by atoms with E-state index in [0.717, 1.165) is 62.7 Å². The maximum atomic E-state index is 12.7. The van der Waals surface area contributed by atoms with Crippen molar-refractivity contribution in [1.29, 1.82) is 0 Å². The Morgan fingerprint density at radius 2 is 1.71 bits per heavy atom. The zero-order valence-corrected chi connectivity index (χ0v) is 18.3. The molecule has 2 aliphatic carbocycles. The summed E-state index contributed by atoms with van der Waals surface area (Å²) in [5.41, 5.74) is 0.887. The molecule has 7 heteroatoms. The Hall–Kier alpha value is -2.44. The van der Waals surface area contributed by atoms with Gasteiger partial charge in [0.1, 0.15) is 5.82 Å². The van der Waals surface area contributed by atoms with E-state index in [1.807, 2.05) is 23.2 Å². The van der Waals surface area contributed by atoms with E-state index in [4.69, 9.17) is 4.52 Å². The Labute approximate surface area is 184 Å². The standard InChI is InChI=1S/C24H33N5O2/c30-22(16-18-6-2-1-3-7-18)29-14-12-28(13-15-29)21-11-10-20(17-25-21)23-26-24(31-27-23)19-8-4-5-9-19/h10-11,17-19H,1-9,12-16H2. The summed E-state index contributed by atoms with van der Waals surface area (Å²) in [6, 6.07) is 4.05. The van der Waals surface area contributed by atoms with Gasteiger partial charge in [-0.1, -0.05) is 37.3 Å². The molecule has 31 heavy (non-hydrogen) atoms. The van der Waals surface area contributed by atoms with Crippen LogP contribution in [0, 0.1) is 5.92 Å². The van der Waals surface area contributed by atoms with Gasteiger partial charge in [-0.15, -0.1) is 0 Å². The number of hydrogen-bond acceptors (Lipinski definition) is 6. The fourth-order valence-electron chi connectivity index (χ4n) is 5.35. The van der Waals surface area contributed by atoms with Crippen molar-refractivity contribution < 1.29 is 9.32 Å². The van der Waals surface area contributed by atoms with Crippen LogP contribution >= 0.6 is 0 Å². The summed E-state index contributed by atoms with van der Waals surface area (Å²) in [7, 11) is 0. The second-order valence-electron chi connectivity index (χ2n) is 9.42. The molecule has 0 aromatic carbocycles. The molecule has 166 valence electrons. The number of carbonyl (C=O) groups is 1. The Morgan fingerprint density at radius 1 is 0.968 bits per heavy atom. The van der Waals surface area contributed by atoms with E-state index in [9.17, 15) is 4.79 Å². The summed E-state index contributed by atoms with van der Waals surface area (Å²) in [4.78, 5) is 26.2. The summed E-state index contributed by atoms with van der Waals surface area (Å²) in [6.45, 7) is 3.22. The lowest BCUT2D eigenvalue weighted by Crippen LogP contribution is -2.49. The smallest absolute Gasteiger partial charge is 0.230 e. The van der Waals surface area contributed by atoms with Crippen molar-refractivity contribution in [3.63, 3.8) is 0 Å².